The smallest absolute Gasteiger partial charge is 0.189 e. The molecule has 0 unspecified atom stereocenters. The minimum atomic E-state index is -1.58. The molecule has 11 heavy (non-hydrogen) atoms. The number of hydrogen-bond acceptors (Lipinski definition) is 3. The average molecular weight is 156 g/mol. The lowest BCUT2D eigenvalue weighted by atomic mass is 9.84. The summed E-state index contributed by atoms with van der Waals surface area (Å²) in [6.07, 6.45) is 0.797. The quantitative estimate of drug-likeness (QED) is 0.519. The Kier molecular flexibility index (Phi) is 1.86. The third-order valence-corrected chi connectivity index (χ3v) is 2.04. The summed E-state index contributed by atoms with van der Waals surface area (Å²) < 4.78 is 0. The zero-order valence-corrected chi connectivity index (χ0v) is 6.66. The molecule has 0 spiro atoms. The number of aliphatic hydroxyl groups excluding tert-OH is 1. The van der Waals surface area contributed by atoms with Gasteiger partial charge < -0.3 is 10.2 Å². The maximum absolute atomic E-state index is 11.1. The Morgan fingerprint density at radius 2 is 2.27 bits per heavy atom. The fourth-order valence-electron chi connectivity index (χ4n) is 1.10. The summed E-state index contributed by atoms with van der Waals surface area (Å²) in [5.74, 6) is -0.409. The molecule has 0 saturated heterocycles. The molecule has 0 bridgehead atoms. The standard InChI is InChI=1S/C8H12O3/c1-5-3-6(9)8(2,11)7(10)4-5/h3,7,10-11H,4H2,1-2H3/t7-,8-/m1/s1. The van der Waals surface area contributed by atoms with Gasteiger partial charge in [-0.1, -0.05) is 5.57 Å². The van der Waals surface area contributed by atoms with Gasteiger partial charge in [-0.05, 0) is 26.3 Å². The highest BCUT2D eigenvalue weighted by atomic mass is 16.3. The van der Waals surface area contributed by atoms with Crippen LogP contribution in [0.4, 0.5) is 0 Å². The van der Waals surface area contributed by atoms with Crippen LogP contribution in [-0.4, -0.2) is 27.7 Å². The molecule has 0 aromatic carbocycles. The highest BCUT2D eigenvalue weighted by Gasteiger charge is 2.39. The van der Waals surface area contributed by atoms with Gasteiger partial charge in [0.2, 0.25) is 0 Å². The van der Waals surface area contributed by atoms with Gasteiger partial charge in [0.05, 0.1) is 6.10 Å². The van der Waals surface area contributed by atoms with Crippen LogP contribution in [0.2, 0.25) is 0 Å². The topological polar surface area (TPSA) is 57.5 Å². The summed E-state index contributed by atoms with van der Waals surface area (Å²) in [7, 11) is 0. The summed E-state index contributed by atoms with van der Waals surface area (Å²) in [5, 5.41) is 18.7. The van der Waals surface area contributed by atoms with E-state index < -0.39 is 17.5 Å². The molecule has 1 aliphatic carbocycles. The van der Waals surface area contributed by atoms with E-state index in [0.29, 0.717) is 6.42 Å². The first-order valence-corrected chi connectivity index (χ1v) is 3.56. The molecule has 0 radical (unpaired) electrons. The van der Waals surface area contributed by atoms with Crippen LogP contribution in [0, 0.1) is 0 Å². The summed E-state index contributed by atoms with van der Waals surface area (Å²) in [4.78, 5) is 11.1. The molecule has 0 amide bonds. The van der Waals surface area contributed by atoms with Gasteiger partial charge in [0.25, 0.3) is 0 Å². The molecule has 0 aliphatic heterocycles. The maximum atomic E-state index is 11.1. The number of carbonyl (C=O) groups excluding carboxylic acids is 1. The molecule has 3 nitrogen and oxygen atoms in total. The molecule has 1 aliphatic rings. The van der Waals surface area contributed by atoms with Crippen molar-refractivity contribution in [3.63, 3.8) is 0 Å². The molecular formula is C8H12O3. The molecule has 1 rings (SSSR count). The molecule has 0 fully saturated rings. The van der Waals surface area contributed by atoms with Crippen LogP contribution in [-0.2, 0) is 4.79 Å². The van der Waals surface area contributed by atoms with Gasteiger partial charge in [0, 0.05) is 0 Å². The number of aliphatic hydroxyl groups is 2. The molecule has 0 heterocycles. The molecule has 2 N–H and O–H groups in total. The van der Waals surface area contributed by atoms with Gasteiger partial charge in [0.15, 0.2) is 5.78 Å². The Morgan fingerprint density at radius 1 is 1.73 bits per heavy atom. The normalized spacial score (nSPS) is 38.7. The Labute approximate surface area is 65.3 Å². The molecule has 2 atom stereocenters. The fraction of sp³-hybridized carbons (Fsp3) is 0.625. The second kappa shape index (κ2) is 2.43. The van der Waals surface area contributed by atoms with E-state index in [2.05, 4.69) is 0 Å². The van der Waals surface area contributed by atoms with Gasteiger partial charge >= 0.3 is 0 Å². The van der Waals surface area contributed by atoms with E-state index in [9.17, 15) is 15.0 Å². The van der Waals surface area contributed by atoms with Crippen molar-refractivity contribution in [1.82, 2.24) is 0 Å². The average Bonchev–Trinajstić information content (AvgIpc) is 1.84. The molecule has 62 valence electrons. The SMILES string of the molecule is CC1=CC(=O)[C@@](C)(O)[C@H](O)C1. The van der Waals surface area contributed by atoms with Crippen LogP contribution in [0.5, 0.6) is 0 Å². The highest BCUT2D eigenvalue weighted by Crippen LogP contribution is 2.24. The first-order valence-electron chi connectivity index (χ1n) is 3.56. The second-order valence-electron chi connectivity index (χ2n) is 3.22. The Hall–Kier alpha value is -0.670. The first-order chi connectivity index (χ1) is 4.94. The zero-order chi connectivity index (χ0) is 8.65. The number of carbonyl (C=O) groups is 1. The minimum absolute atomic E-state index is 0.374. The van der Waals surface area contributed by atoms with E-state index in [4.69, 9.17) is 0 Å². The third kappa shape index (κ3) is 1.34. The molecule has 0 saturated carbocycles. The van der Waals surface area contributed by atoms with Crippen molar-refractivity contribution in [3.05, 3.63) is 11.6 Å². The second-order valence-corrected chi connectivity index (χ2v) is 3.22. The first kappa shape index (κ1) is 8.43. The van der Waals surface area contributed by atoms with E-state index >= 15 is 0 Å². The summed E-state index contributed by atoms with van der Waals surface area (Å²) in [5.41, 5.74) is -0.770. The van der Waals surface area contributed by atoms with E-state index in [0.717, 1.165) is 5.57 Å². The van der Waals surface area contributed by atoms with Crippen LogP contribution in [0.15, 0.2) is 11.6 Å². The van der Waals surface area contributed by atoms with Gasteiger partial charge in [-0.2, -0.15) is 0 Å². The lowest BCUT2D eigenvalue weighted by Gasteiger charge is -2.30. The molecule has 3 heteroatoms. The minimum Gasteiger partial charge on any atom is -0.389 e. The lowest BCUT2D eigenvalue weighted by Crippen LogP contribution is -2.48. The van der Waals surface area contributed by atoms with Crippen molar-refractivity contribution in [1.29, 1.82) is 0 Å². The summed E-state index contributed by atoms with van der Waals surface area (Å²) in [6, 6.07) is 0. The van der Waals surface area contributed by atoms with Crippen LogP contribution in [0.25, 0.3) is 0 Å². The molecular weight excluding hydrogens is 144 g/mol. The predicted molar refractivity (Wildman–Crippen MR) is 40.0 cm³/mol. The molecule has 0 aromatic heterocycles. The van der Waals surface area contributed by atoms with Crippen molar-refractivity contribution in [2.45, 2.75) is 32.0 Å². The van der Waals surface area contributed by atoms with E-state index in [1.807, 2.05) is 0 Å². The molecule has 0 aromatic rings. The van der Waals surface area contributed by atoms with E-state index in [1.54, 1.807) is 6.92 Å². The number of ketones is 1. The van der Waals surface area contributed by atoms with Gasteiger partial charge in [0.1, 0.15) is 5.60 Å². The van der Waals surface area contributed by atoms with E-state index in [-0.39, 0.29) is 0 Å². The van der Waals surface area contributed by atoms with Crippen LogP contribution in [0.3, 0.4) is 0 Å². The van der Waals surface area contributed by atoms with Crippen molar-refractivity contribution in [2.24, 2.45) is 0 Å². The van der Waals surface area contributed by atoms with Crippen molar-refractivity contribution in [3.8, 4) is 0 Å². The third-order valence-electron chi connectivity index (χ3n) is 2.04. The zero-order valence-electron chi connectivity index (χ0n) is 6.66. The van der Waals surface area contributed by atoms with Crippen molar-refractivity contribution in [2.75, 3.05) is 0 Å². The highest BCUT2D eigenvalue weighted by molar-refractivity contribution is 5.98. The Bertz CT molecular complexity index is 215. The van der Waals surface area contributed by atoms with Gasteiger partial charge in [-0.15, -0.1) is 0 Å². The van der Waals surface area contributed by atoms with Crippen LogP contribution < -0.4 is 0 Å². The largest absolute Gasteiger partial charge is 0.389 e. The van der Waals surface area contributed by atoms with E-state index in [1.165, 1.54) is 13.0 Å². The fourth-order valence-corrected chi connectivity index (χ4v) is 1.10. The van der Waals surface area contributed by atoms with Gasteiger partial charge in [-0.25, -0.2) is 0 Å². The Balaban J connectivity index is 2.96. The predicted octanol–water partition coefficient (Wildman–Crippen LogP) is 0.0174. The summed E-state index contributed by atoms with van der Waals surface area (Å²) in [6.45, 7) is 3.10. The lowest BCUT2D eigenvalue weighted by molar-refractivity contribution is -0.143. The van der Waals surface area contributed by atoms with Crippen molar-refractivity contribution < 1.29 is 15.0 Å². The van der Waals surface area contributed by atoms with Crippen LogP contribution in [0.1, 0.15) is 20.3 Å². The monoisotopic (exact) mass is 156 g/mol. The summed E-state index contributed by atoms with van der Waals surface area (Å²) >= 11 is 0. The number of hydrogen-bond donors (Lipinski definition) is 2. The van der Waals surface area contributed by atoms with Gasteiger partial charge in [-0.3, -0.25) is 4.79 Å². The number of rotatable bonds is 0. The Morgan fingerprint density at radius 3 is 2.73 bits per heavy atom. The van der Waals surface area contributed by atoms with Crippen molar-refractivity contribution >= 4 is 5.78 Å². The maximum Gasteiger partial charge on any atom is 0.189 e. The van der Waals surface area contributed by atoms with Crippen LogP contribution >= 0.6 is 0 Å².